The Labute approximate surface area is 157 Å². The van der Waals surface area contributed by atoms with Crippen molar-refractivity contribution in [2.75, 3.05) is 19.7 Å². The van der Waals surface area contributed by atoms with Crippen molar-refractivity contribution in [2.45, 2.75) is 82.8 Å². The number of carbonyl (C=O) groups excluding carboxylic acids is 1. The highest BCUT2D eigenvalue weighted by Crippen LogP contribution is 2.62. The lowest BCUT2D eigenvalue weighted by molar-refractivity contribution is -0.147. The monoisotopic (exact) mass is 361 g/mol. The second-order valence-electron chi connectivity index (χ2n) is 10.3. The van der Waals surface area contributed by atoms with E-state index in [1.807, 2.05) is 0 Å². The minimum Gasteiger partial charge on any atom is -0.462 e. The van der Waals surface area contributed by atoms with Gasteiger partial charge in [0.1, 0.15) is 6.10 Å². The first-order valence-electron chi connectivity index (χ1n) is 11.1. The van der Waals surface area contributed by atoms with Gasteiger partial charge in [-0.15, -0.1) is 0 Å². The fourth-order valence-electron chi connectivity index (χ4n) is 7.02. The number of epoxide rings is 1. The molecule has 2 aliphatic heterocycles. The average Bonchev–Trinajstić information content (AvgIpc) is 3.33. The van der Waals surface area contributed by atoms with Crippen LogP contribution in [0.5, 0.6) is 0 Å². The molecule has 2 heterocycles. The minimum atomic E-state index is 0.0594. The molecular formula is C22H35NO3. The molecule has 6 unspecified atom stereocenters. The fraction of sp³-hybridized carbons (Fsp3) is 0.955. The highest BCUT2D eigenvalue weighted by Gasteiger charge is 2.64. The van der Waals surface area contributed by atoms with Crippen molar-refractivity contribution in [3.05, 3.63) is 0 Å². The Morgan fingerprint density at radius 1 is 1.12 bits per heavy atom. The molecule has 3 saturated carbocycles. The Morgan fingerprint density at radius 2 is 1.92 bits per heavy atom. The van der Waals surface area contributed by atoms with Gasteiger partial charge >= 0.3 is 5.97 Å². The molecular weight excluding hydrogens is 326 g/mol. The van der Waals surface area contributed by atoms with Gasteiger partial charge in [-0.2, -0.15) is 0 Å². The van der Waals surface area contributed by atoms with Crippen molar-refractivity contribution in [1.82, 2.24) is 5.32 Å². The van der Waals surface area contributed by atoms with Gasteiger partial charge in [-0.3, -0.25) is 4.79 Å². The molecule has 1 spiro atoms. The first kappa shape index (κ1) is 17.5. The van der Waals surface area contributed by atoms with Gasteiger partial charge in [-0.1, -0.05) is 26.2 Å². The van der Waals surface area contributed by atoms with Gasteiger partial charge < -0.3 is 14.8 Å². The molecule has 0 aromatic heterocycles. The van der Waals surface area contributed by atoms with E-state index in [0.29, 0.717) is 17.3 Å². The highest BCUT2D eigenvalue weighted by molar-refractivity contribution is 5.75. The van der Waals surface area contributed by atoms with Crippen molar-refractivity contribution in [1.29, 1.82) is 0 Å². The summed E-state index contributed by atoms with van der Waals surface area (Å²) in [7, 11) is 0. The first-order valence-corrected chi connectivity index (χ1v) is 11.1. The summed E-state index contributed by atoms with van der Waals surface area (Å²) in [5, 5.41) is 3.65. The maximum atomic E-state index is 12.6. The van der Waals surface area contributed by atoms with E-state index in [2.05, 4.69) is 12.2 Å². The summed E-state index contributed by atoms with van der Waals surface area (Å²) in [6.07, 6.45) is 13.0. The van der Waals surface area contributed by atoms with Crippen molar-refractivity contribution >= 4 is 5.97 Å². The maximum Gasteiger partial charge on any atom is 0.310 e. The zero-order valence-corrected chi connectivity index (χ0v) is 16.3. The maximum absolute atomic E-state index is 12.6. The molecule has 5 fully saturated rings. The van der Waals surface area contributed by atoms with Crippen molar-refractivity contribution in [3.8, 4) is 0 Å². The number of ether oxygens (including phenoxy) is 2. The first-order chi connectivity index (χ1) is 12.6. The Kier molecular flexibility index (Phi) is 4.36. The van der Waals surface area contributed by atoms with Gasteiger partial charge in [0.2, 0.25) is 0 Å². The molecule has 0 amide bonds. The third-order valence-corrected chi connectivity index (χ3v) is 8.60. The number of hydrogen-bond donors (Lipinski definition) is 1. The third kappa shape index (κ3) is 2.92. The van der Waals surface area contributed by atoms with Gasteiger partial charge in [-0.05, 0) is 68.7 Å². The molecule has 5 rings (SSSR count). The SMILES string of the molecule is CC12CCCC3(CO3)C1CC1C(C2)OC(=O)C1CNCC1CCCCC1. The number of carbonyl (C=O) groups is 1. The smallest absolute Gasteiger partial charge is 0.310 e. The van der Waals surface area contributed by atoms with E-state index >= 15 is 0 Å². The summed E-state index contributed by atoms with van der Waals surface area (Å²) in [5.74, 6) is 1.96. The lowest BCUT2D eigenvalue weighted by atomic mass is 9.53. The quantitative estimate of drug-likeness (QED) is 0.613. The topological polar surface area (TPSA) is 50.9 Å². The van der Waals surface area contributed by atoms with Gasteiger partial charge in [-0.25, -0.2) is 0 Å². The molecule has 2 saturated heterocycles. The molecule has 146 valence electrons. The van der Waals surface area contributed by atoms with E-state index in [0.717, 1.165) is 38.5 Å². The molecule has 0 aromatic rings. The van der Waals surface area contributed by atoms with Gasteiger partial charge in [0.25, 0.3) is 0 Å². The Bertz CT molecular complexity index is 554. The van der Waals surface area contributed by atoms with Gasteiger partial charge in [0.15, 0.2) is 0 Å². The van der Waals surface area contributed by atoms with E-state index in [-0.39, 0.29) is 23.6 Å². The summed E-state index contributed by atoms with van der Waals surface area (Å²) in [6.45, 7) is 5.27. The standard InChI is InChI=1S/C22H35NO3/c1-21-8-5-9-22(14-25-22)19(21)10-16-17(20(24)26-18(16)11-21)13-23-12-15-6-3-2-4-7-15/h15-19,23H,2-14H2,1H3. The van der Waals surface area contributed by atoms with Crippen LogP contribution in [0, 0.1) is 29.1 Å². The number of hydrogen-bond acceptors (Lipinski definition) is 4. The van der Waals surface area contributed by atoms with Gasteiger partial charge in [0, 0.05) is 12.5 Å². The Hall–Kier alpha value is -0.610. The zero-order chi connectivity index (χ0) is 17.8. The minimum absolute atomic E-state index is 0.0594. The molecule has 0 bridgehead atoms. The van der Waals surface area contributed by atoms with Crippen LogP contribution in [0.4, 0.5) is 0 Å². The van der Waals surface area contributed by atoms with Crippen LogP contribution in [0.15, 0.2) is 0 Å². The van der Waals surface area contributed by atoms with Crippen LogP contribution in [0.25, 0.3) is 0 Å². The van der Waals surface area contributed by atoms with Gasteiger partial charge in [0.05, 0.1) is 18.1 Å². The second-order valence-corrected chi connectivity index (χ2v) is 10.3. The summed E-state index contributed by atoms with van der Waals surface area (Å²) in [6, 6.07) is 0. The van der Waals surface area contributed by atoms with E-state index in [1.165, 1.54) is 51.4 Å². The molecule has 6 atom stereocenters. The zero-order valence-electron chi connectivity index (χ0n) is 16.3. The summed E-state index contributed by atoms with van der Waals surface area (Å²) >= 11 is 0. The molecule has 0 aromatic carbocycles. The molecule has 4 nitrogen and oxygen atoms in total. The predicted octanol–water partition coefficient (Wildman–Crippen LogP) is 3.68. The lowest BCUT2D eigenvalue weighted by Gasteiger charge is -2.51. The van der Waals surface area contributed by atoms with Crippen molar-refractivity contribution in [2.24, 2.45) is 29.1 Å². The Morgan fingerprint density at radius 3 is 2.69 bits per heavy atom. The van der Waals surface area contributed by atoms with Crippen molar-refractivity contribution in [3.63, 3.8) is 0 Å². The number of esters is 1. The summed E-state index contributed by atoms with van der Waals surface area (Å²) in [4.78, 5) is 12.6. The molecule has 0 radical (unpaired) electrons. The van der Waals surface area contributed by atoms with Crippen LogP contribution in [0.3, 0.4) is 0 Å². The van der Waals surface area contributed by atoms with Crippen LogP contribution in [-0.4, -0.2) is 37.4 Å². The molecule has 1 N–H and O–H groups in total. The molecule has 4 heteroatoms. The summed E-state index contributed by atoms with van der Waals surface area (Å²) in [5.41, 5.74) is 0.463. The van der Waals surface area contributed by atoms with Crippen molar-refractivity contribution < 1.29 is 14.3 Å². The van der Waals surface area contributed by atoms with Crippen LogP contribution < -0.4 is 5.32 Å². The van der Waals surface area contributed by atoms with E-state index in [1.54, 1.807) is 0 Å². The third-order valence-electron chi connectivity index (χ3n) is 8.60. The number of rotatable bonds is 4. The van der Waals surface area contributed by atoms with Crippen LogP contribution >= 0.6 is 0 Å². The largest absolute Gasteiger partial charge is 0.462 e. The van der Waals surface area contributed by atoms with Crippen LogP contribution in [0.1, 0.15) is 71.1 Å². The fourth-order valence-corrected chi connectivity index (χ4v) is 7.02. The van der Waals surface area contributed by atoms with Crippen LogP contribution in [-0.2, 0) is 14.3 Å². The summed E-state index contributed by atoms with van der Waals surface area (Å²) < 4.78 is 11.9. The van der Waals surface area contributed by atoms with E-state index in [4.69, 9.17) is 9.47 Å². The number of fused-ring (bicyclic) bond motifs is 3. The van der Waals surface area contributed by atoms with E-state index < -0.39 is 0 Å². The predicted molar refractivity (Wildman–Crippen MR) is 99.7 cm³/mol. The molecule has 3 aliphatic carbocycles. The number of nitrogens with one attached hydrogen (secondary N) is 1. The highest BCUT2D eigenvalue weighted by atomic mass is 16.6. The van der Waals surface area contributed by atoms with Crippen LogP contribution in [0.2, 0.25) is 0 Å². The molecule has 5 aliphatic rings. The molecule has 26 heavy (non-hydrogen) atoms. The van der Waals surface area contributed by atoms with E-state index in [9.17, 15) is 4.79 Å². The Balaban J connectivity index is 1.23. The average molecular weight is 362 g/mol. The second kappa shape index (κ2) is 6.48. The lowest BCUT2D eigenvalue weighted by Crippen LogP contribution is -2.51. The normalized spacial score (nSPS) is 48.1.